The van der Waals surface area contributed by atoms with Gasteiger partial charge in [-0.2, -0.15) is 0 Å². The predicted molar refractivity (Wildman–Crippen MR) is 112 cm³/mol. The van der Waals surface area contributed by atoms with Crippen LogP contribution in [0.25, 0.3) is 16.5 Å². The van der Waals surface area contributed by atoms with Crippen molar-refractivity contribution >= 4 is 26.5 Å². The molecule has 3 aromatic rings. The standard InChI is InChI=1S/C22H21F3N2O3S/c1-15-3-6-18(7-4-15)31(28,29)27-14-20(16-9-11-26(2)12-10-16)19-13-17(5-8-21(19)27)30-22(23,24)25/h3-9,13-14H,10-12H2,1-2H3. The van der Waals surface area contributed by atoms with Gasteiger partial charge in [-0.3, -0.25) is 0 Å². The first-order chi connectivity index (χ1) is 14.5. The molecule has 0 atom stereocenters. The number of nitrogens with zero attached hydrogens (tertiary/aromatic N) is 2. The smallest absolute Gasteiger partial charge is 0.406 e. The molecule has 2 aromatic carbocycles. The highest BCUT2D eigenvalue weighted by Crippen LogP contribution is 2.36. The number of aryl methyl sites for hydroxylation is 1. The Bertz CT molecular complexity index is 1260. The van der Waals surface area contributed by atoms with Crippen molar-refractivity contribution in [2.75, 3.05) is 20.1 Å². The summed E-state index contributed by atoms with van der Waals surface area (Å²) in [5.41, 5.74) is 2.70. The molecule has 1 aromatic heterocycles. The third-order valence-corrected chi connectivity index (χ3v) is 7.00. The van der Waals surface area contributed by atoms with E-state index in [0.717, 1.165) is 27.7 Å². The molecule has 0 amide bonds. The summed E-state index contributed by atoms with van der Waals surface area (Å²) in [6, 6.07) is 10.2. The lowest BCUT2D eigenvalue weighted by atomic mass is 9.99. The molecule has 0 bridgehead atoms. The van der Waals surface area contributed by atoms with E-state index in [9.17, 15) is 21.6 Å². The number of fused-ring (bicyclic) bond motifs is 1. The second kappa shape index (κ2) is 7.72. The minimum absolute atomic E-state index is 0.106. The van der Waals surface area contributed by atoms with Gasteiger partial charge < -0.3 is 9.64 Å². The first kappa shape index (κ1) is 21.5. The van der Waals surface area contributed by atoms with Crippen molar-refractivity contribution in [3.8, 4) is 5.75 Å². The molecule has 0 N–H and O–H groups in total. The van der Waals surface area contributed by atoms with Crippen LogP contribution < -0.4 is 4.74 Å². The van der Waals surface area contributed by atoms with E-state index >= 15 is 0 Å². The fourth-order valence-electron chi connectivity index (χ4n) is 3.67. The lowest BCUT2D eigenvalue weighted by Gasteiger charge is -2.21. The molecule has 2 heterocycles. The number of benzene rings is 2. The molecule has 0 saturated carbocycles. The minimum Gasteiger partial charge on any atom is -0.406 e. The Labute approximate surface area is 178 Å². The number of hydrogen-bond donors (Lipinski definition) is 0. The second-order valence-electron chi connectivity index (χ2n) is 7.63. The molecule has 0 unspecified atom stereocenters. The summed E-state index contributed by atoms with van der Waals surface area (Å²) in [4.78, 5) is 2.21. The Kier molecular flexibility index (Phi) is 5.35. The summed E-state index contributed by atoms with van der Waals surface area (Å²) in [5.74, 6) is -0.389. The molecule has 0 spiro atoms. The highest BCUT2D eigenvalue weighted by Gasteiger charge is 2.32. The molecule has 0 fully saturated rings. The molecular formula is C22H21F3N2O3S. The fraction of sp³-hybridized carbons (Fsp3) is 0.273. The van der Waals surface area contributed by atoms with Crippen LogP contribution in [0.5, 0.6) is 5.75 Å². The van der Waals surface area contributed by atoms with Crippen LogP contribution in [0, 0.1) is 6.92 Å². The maximum Gasteiger partial charge on any atom is 0.573 e. The third kappa shape index (κ3) is 4.33. The van der Waals surface area contributed by atoms with Crippen LogP contribution in [0.15, 0.2) is 59.6 Å². The van der Waals surface area contributed by atoms with Crippen LogP contribution in [0.1, 0.15) is 17.5 Å². The quantitative estimate of drug-likeness (QED) is 0.573. The Hall–Kier alpha value is -2.78. The van der Waals surface area contributed by atoms with Crippen molar-refractivity contribution in [1.29, 1.82) is 0 Å². The molecule has 5 nitrogen and oxygen atoms in total. The van der Waals surface area contributed by atoms with Crippen molar-refractivity contribution in [2.45, 2.75) is 24.6 Å². The zero-order valence-electron chi connectivity index (χ0n) is 17.0. The summed E-state index contributed by atoms with van der Waals surface area (Å²) >= 11 is 0. The summed E-state index contributed by atoms with van der Waals surface area (Å²) in [5, 5.41) is 0.397. The number of likely N-dealkylation sites (N-methyl/N-ethyl adjacent to an activating group) is 1. The molecule has 9 heteroatoms. The zero-order valence-corrected chi connectivity index (χ0v) is 17.8. The van der Waals surface area contributed by atoms with Gasteiger partial charge in [0.15, 0.2) is 0 Å². The van der Waals surface area contributed by atoms with Crippen LogP contribution in [-0.4, -0.2) is 43.8 Å². The normalized spacial score (nSPS) is 15.8. The van der Waals surface area contributed by atoms with E-state index in [2.05, 4.69) is 9.64 Å². The minimum atomic E-state index is -4.84. The van der Waals surface area contributed by atoms with E-state index in [1.807, 2.05) is 20.0 Å². The lowest BCUT2D eigenvalue weighted by Crippen LogP contribution is -2.23. The van der Waals surface area contributed by atoms with Gasteiger partial charge in [0.25, 0.3) is 10.0 Å². The first-order valence-electron chi connectivity index (χ1n) is 9.66. The van der Waals surface area contributed by atoms with Gasteiger partial charge in [0.1, 0.15) is 5.75 Å². The maximum absolute atomic E-state index is 13.3. The van der Waals surface area contributed by atoms with E-state index < -0.39 is 16.4 Å². The molecule has 31 heavy (non-hydrogen) atoms. The fourth-order valence-corrected chi connectivity index (χ4v) is 5.04. The van der Waals surface area contributed by atoms with Gasteiger partial charge in [0.05, 0.1) is 10.4 Å². The van der Waals surface area contributed by atoms with Gasteiger partial charge in [0, 0.05) is 30.2 Å². The summed E-state index contributed by atoms with van der Waals surface area (Å²) in [7, 11) is -1.98. The van der Waals surface area contributed by atoms with E-state index in [-0.39, 0.29) is 10.6 Å². The van der Waals surface area contributed by atoms with Crippen molar-refractivity contribution in [2.24, 2.45) is 0 Å². The molecule has 0 saturated heterocycles. The number of rotatable bonds is 4. The summed E-state index contributed by atoms with van der Waals surface area (Å²) in [6.07, 6.45) is -0.714. The number of hydrogen-bond acceptors (Lipinski definition) is 4. The Morgan fingerprint density at radius 1 is 1.06 bits per heavy atom. The van der Waals surface area contributed by atoms with Crippen molar-refractivity contribution in [1.82, 2.24) is 8.87 Å². The van der Waals surface area contributed by atoms with Crippen LogP contribution >= 0.6 is 0 Å². The molecular weight excluding hydrogens is 429 g/mol. The van der Waals surface area contributed by atoms with Crippen molar-refractivity contribution in [3.05, 3.63) is 65.9 Å². The van der Waals surface area contributed by atoms with Gasteiger partial charge in [-0.1, -0.05) is 23.8 Å². The maximum atomic E-state index is 13.3. The topological polar surface area (TPSA) is 51.5 Å². The van der Waals surface area contributed by atoms with Gasteiger partial charge in [-0.15, -0.1) is 13.2 Å². The van der Waals surface area contributed by atoms with E-state index in [1.54, 1.807) is 12.1 Å². The van der Waals surface area contributed by atoms with Gasteiger partial charge in [-0.25, -0.2) is 12.4 Å². The van der Waals surface area contributed by atoms with Crippen LogP contribution in [0.3, 0.4) is 0 Å². The first-order valence-corrected chi connectivity index (χ1v) is 11.1. The Balaban J connectivity index is 1.91. The highest BCUT2D eigenvalue weighted by atomic mass is 32.2. The number of halogens is 3. The van der Waals surface area contributed by atoms with Gasteiger partial charge in [0.2, 0.25) is 0 Å². The second-order valence-corrected chi connectivity index (χ2v) is 9.44. The Morgan fingerprint density at radius 2 is 1.77 bits per heavy atom. The molecule has 0 aliphatic carbocycles. The monoisotopic (exact) mass is 450 g/mol. The average Bonchev–Trinajstić information content (AvgIpc) is 3.07. The van der Waals surface area contributed by atoms with Gasteiger partial charge >= 0.3 is 6.36 Å². The van der Waals surface area contributed by atoms with Crippen LogP contribution in [0.2, 0.25) is 0 Å². The highest BCUT2D eigenvalue weighted by molar-refractivity contribution is 7.90. The number of alkyl halides is 3. The predicted octanol–water partition coefficient (Wildman–Crippen LogP) is 4.80. The lowest BCUT2D eigenvalue weighted by molar-refractivity contribution is -0.274. The molecule has 4 rings (SSSR count). The van der Waals surface area contributed by atoms with E-state index in [4.69, 9.17) is 0 Å². The largest absolute Gasteiger partial charge is 0.573 e. The molecule has 1 aliphatic rings. The average molecular weight is 450 g/mol. The summed E-state index contributed by atoms with van der Waals surface area (Å²) in [6.45, 7) is 3.29. The molecule has 0 radical (unpaired) electrons. The van der Waals surface area contributed by atoms with E-state index in [0.29, 0.717) is 29.4 Å². The third-order valence-electron chi connectivity index (χ3n) is 5.31. The van der Waals surface area contributed by atoms with Crippen molar-refractivity contribution in [3.63, 3.8) is 0 Å². The molecule has 1 aliphatic heterocycles. The van der Waals surface area contributed by atoms with E-state index in [1.165, 1.54) is 30.5 Å². The van der Waals surface area contributed by atoms with Crippen LogP contribution in [0.4, 0.5) is 13.2 Å². The zero-order chi connectivity index (χ0) is 22.4. The molecule has 164 valence electrons. The number of ether oxygens (including phenoxy) is 1. The van der Waals surface area contributed by atoms with Crippen LogP contribution in [-0.2, 0) is 10.0 Å². The van der Waals surface area contributed by atoms with Gasteiger partial charge in [-0.05, 0) is 56.3 Å². The summed E-state index contributed by atoms with van der Waals surface area (Å²) < 4.78 is 70.1. The number of aromatic nitrogens is 1. The SMILES string of the molecule is Cc1ccc(S(=O)(=O)n2cc(C3=CCN(C)CC3)c3cc(OC(F)(F)F)ccc32)cc1. The Morgan fingerprint density at radius 3 is 2.39 bits per heavy atom. The van der Waals surface area contributed by atoms with Crippen molar-refractivity contribution < 1.29 is 26.3 Å².